The van der Waals surface area contributed by atoms with E-state index in [0.717, 1.165) is 32.7 Å². The minimum Gasteiger partial charge on any atom is -0.346 e. The highest BCUT2D eigenvalue weighted by molar-refractivity contribution is 7.15. The number of likely N-dealkylation sites (N-methyl/N-ethyl adjacent to an activating group) is 1. The molecule has 1 atom stereocenters. The normalized spacial score (nSPS) is 19.2. The number of rotatable bonds is 5. The Morgan fingerprint density at radius 1 is 1.39 bits per heavy atom. The Kier molecular flexibility index (Phi) is 4.97. The molecule has 0 radical (unpaired) electrons. The zero-order chi connectivity index (χ0) is 13.0. The van der Waals surface area contributed by atoms with E-state index in [-0.39, 0.29) is 0 Å². The van der Waals surface area contributed by atoms with Crippen molar-refractivity contribution in [2.24, 2.45) is 0 Å². The molecule has 5 heteroatoms. The molecular formula is C13H24N4S. The molecule has 1 fully saturated rings. The van der Waals surface area contributed by atoms with E-state index in [9.17, 15) is 0 Å². The summed E-state index contributed by atoms with van der Waals surface area (Å²) in [4.78, 5) is 10.7. The molecule has 0 aromatic carbocycles. The van der Waals surface area contributed by atoms with Crippen LogP contribution in [-0.2, 0) is 0 Å². The number of thiazole rings is 1. The third-order valence-corrected chi connectivity index (χ3v) is 4.65. The van der Waals surface area contributed by atoms with Crippen LogP contribution in [0.3, 0.4) is 0 Å². The van der Waals surface area contributed by atoms with Gasteiger partial charge in [-0.25, -0.2) is 4.98 Å². The van der Waals surface area contributed by atoms with Gasteiger partial charge in [-0.05, 0) is 26.9 Å². The Labute approximate surface area is 114 Å². The molecule has 4 nitrogen and oxygen atoms in total. The highest BCUT2D eigenvalue weighted by Crippen LogP contribution is 2.27. The van der Waals surface area contributed by atoms with Crippen LogP contribution >= 0.6 is 11.3 Å². The molecular weight excluding hydrogens is 244 g/mol. The van der Waals surface area contributed by atoms with Crippen molar-refractivity contribution in [1.82, 2.24) is 15.2 Å². The third kappa shape index (κ3) is 3.43. The van der Waals surface area contributed by atoms with E-state index < -0.39 is 0 Å². The summed E-state index contributed by atoms with van der Waals surface area (Å²) in [5, 5.41) is 4.70. The maximum atomic E-state index is 4.58. The Balaban J connectivity index is 1.93. The van der Waals surface area contributed by atoms with Crippen LogP contribution < -0.4 is 10.2 Å². The van der Waals surface area contributed by atoms with Gasteiger partial charge in [0.2, 0.25) is 0 Å². The highest BCUT2D eigenvalue weighted by Gasteiger charge is 2.18. The average molecular weight is 268 g/mol. The molecule has 0 spiro atoms. The van der Waals surface area contributed by atoms with Crippen LogP contribution in [0.15, 0.2) is 6.20 Å². The first-order valence-electron chi connectivity index (χ1n) is 6.83. The van der Waals surface area contributed by atoms with E-state index in [1.807, 2.05) is 17.5 Å². The fraction of sp³-hybridized carbons (Fsp3) is 0.769. The molecule has 1 aliphatic rings. The smallest absolute Gasteiger partial charge is 0.185 e. The van der Waals surface area contributed by atoms with E-state index in [1.54, 1.807) is 0 Å². The van der Waals surface area contributed by atoms with Crippen LogP contribution in [0.5, 0.6) is 0 Å². The molecule has 102 valence electrons. The molecule has 0 bridgehead atoms. The summed E-state index contributed by atoms with van der Waals surface area (Å²) in [7, 11) is 2.18. The lowest BCUT2D eigenvalue weighted by Gasteiger charge is -2.32. The molecule has 1 saturated heterocycles. The van der Waals surface area contributed by atoms with Gasteiger partial charge in [-0.1, -0.05) is 6.92 Å². The van der Waals surface area contributed by atoms with Crippen LogP contribution in [0.1, 0.15) is 31.2 Å². The number of nitrogens with zero attached hydrogens (tertiary/aromatic N) is 3. The summed E-state index contributed by atoms with van der Waals surface area (Å²) < 4.78 is 0. The van der Waals surface area contributed by atoms with Gasteiger partial charge in [0.15, 0.2) is 5.13 Å². The zero-order valence-corrected chi connectivity index (χ0v) is 12.5. The van der Waals surface area contributed by atoms with E-state index in [0.29, 0.717) is 6.04 Å². The van der Waals surface area contributed by atoms with E-state index in [2.05, 4.69) is 41.0 Å². The first-order valence-corrected chi connectivity index (χ1v) is 7.65. The number of hydrogen-bond donors (Lipinski definition) is 1. The van der Waals surface area contributed by atoms with Crippen LogP contribution in [0.25, 0.3) is 0 Å². The number of aromatic nitrogens is 1. The van der Waals surface area contributed by atoms with E-state index >= 15 is 0 Å². The fourth-order valence-corrected chi connectivity index (χ4v) is 3.08. The molecule has 2 heterocycles. The van der Waals surface area contributed by atoms with Gasteiger partial charge < -0.3 is 15.1 Å². The van der Waals surface area contributed by atoms with Crippen LogP contribution in [-0.4, -0.2) is 49.7 Å². The first-order chi connectivity index (χ1) is 8.70. The van der Waals surface area contributed by atoms with Crippen molar-refractivity contribution in [2.75, 3.05) is 44.7 Å². The van der Waals surface area contributed by atoms with Crippen LogP contribution in [0, 0.1) is 0 Å². The van der Waals surface area contributed by atoms with Crippen molar-refractivity contribution in [2.45, 2.75) is 26.3 Å². The third-order valence-electron chi connectivity index (χ3n) is 3.41. The zero-order valence-electron chi connectivity index (χ0n) is 11.6. The number of anilines is 1. The van der Waals surface area contributed by atoms with Crippen LogP contribution in [0.4, 0.5) is 5.13 Å². The summed E-state index contributed by atoms with van der Waals surface area (Å²) in [5.41, 5.74) is 0. The van der Waals surface area contributed by atoms with Gasteiger partial charge in [-0.3, -0.25) is 0 Å². The molecule has 2 rings (SSSR count). The molecule has 1 aliphatic heterocycles. The Morgan fingerprint density at radius 3 is 2.78 bits per heavy atom. The highest BCUT2D eigenvalue weighted by atomic mass is 32.1. The quantitative estimate of drug-likeness (QED) is 0.884. The summed E-state index contributed by atoms with van der Waals surface area (Å²) in [5.74, 6) is 0. The molecule has 1 N–H and O–H groups in total. The predicted octanol–water partition coefficient (Wildman–Crippen LogP) is 1.96. The lowest BCUT2D eigenvalue weighted by molar-refractivity contribution is 0.313. The van der Waals surface area contributed by atoms with E-state index in [4.69, 9.17) is 0 Å². The second kappa shape index (κ2) is 6.50. The average Bonchev–Trinajstić information content (AvgIpc) is 2.86. The van der Waals surface area contributed by atoms with Gasteiger partial charge in [0.1, 0.15) is 0 Å². The molecule has 1 aromatic heterocycles. The maximum Gasteiger partial charge on any atom is 0.185 e. The van der Waals surface area contributed by atoms with Crippen molar-refractivity contribution in [1.29, 1.82) is 0 Å². The molecule has 0 aliphatic carbocycles. The fourth-order valence-electron chi connectivity index (χ4n) is 2.08. The Bertz CT molecular complexity index is 358. The summed E-state index contributed by atoms with van der Waals surface area (Å²) in [6.45, 7) is 9.96. The van der Waals surface area contributed by atoms with Crippen molar-refractivity contribution in [3.8, 4) is 0 Å². The number of piperazine rings is 1. The number of hydrogen-bond acceptors (Lipinski definition) is 5. The Hall–Kier alpha value is -0.650. The molecule has 0 amide bonds. The minimum atomic E-state index is 0.420. The van der Waals surface area contributed by atoms with Crippen molar-refractivity contribution < 1.29 is 0 Å². The lowest BCUT2D eigenvalue weighted by atomic mass is 10.3. The van der Waals surface area contributed by atoms with Crippen LogP contribution in [0.2, 0.25) is 0 Å². The molecule has 1 unspecified atom stereocenters. The van der Waals surface area contributed by atoms with Gasteiger partial charge in [0.05, 0.1) is 0 Å². The number of nitrogens with one attached hydrogen (secondary N) is 1. The van der Waals surface area contributed by atoms with Gasteiger partial charge >= 0.3 is 0 Å². The lowest BCUT2D eigenvalue weighted by Crippen LogP contribution is -2.44. The monoisotopic (exact) mass is 268 g/mol. The minimum absolute atomic E-state index is 0.420. The molecule has 1 aromatic rings. The molecule has 0 saturated carbocycles. The second-order valence-electron chi connectivity index (χ2n) is 5.01. The maximum absolute atomic E-state index is 4.58. The summed E-state index contributed by atoms with van der Waals surface area (Å²) in [6.07, 6.45) is 3.21. The Morgan fingerprint density at radius 2 is 2.11 bits per heavy atom. The topological polar surface area (TPSA) is 31.4 Å². The van der Waals surface area contributed by atoms with Gasteiger partial charge in [-0.2, -0.15) is 0 Å². The largest absolute Gasteiger partial charge is 0.346 e. The second-order valence-corrected chi connectivity index (χ2v) is 6.05. The standard InChI is InChI=1S/C13H24N4S/c1-4-5-14-11(2)12-10-15-13(18-12)17-8-6-16(3)7-9-17/h10-11,14H,4-9H2,1-3H3. The summed E-state index contributed by atoms with van der Waals surface area (Å²) >= 11 is 1.83. The summed E-state index contributed by atoms with van der Waals surface area (Å²) in [6, 6.07) is 0.420. The van der Waals surface area contributed by atoms with Gasteiger partial charge in [0.25, 0.3) is 0 Å². The van der Waals surface area contributed by atoms with Gasteiger partial charge in [0, 0.05) is 43.3 Å². The van der Waals surface area contributed by atoms with Crippen molar-refractivity contribution in [3.05, 3.63) is 11.1 Å². The van der Waals surface area contributed by atoms with Gasteiger partial charge in [-0.15, -0.1) is 11.3 Å². The van der Waals surface area contributed by atoms with Crippen molar-refractivity contribution >= 4 is 16.5 Å². The first kappa shape index (κ1) is 13.8. The molecule has 18 heavy (non-hydrogen) atoms. The SMILES string of the molecule is CCCNC(C)c1cnc(N2CCN(C)CC2)s1. The van der Waals surface area contributed by atoms with Crippen molar-refractivity contribution in [3.63, 3.8) is 0 Å². The predicted molar refractivity (Wildman–Crippen MR) is 78.5 cm³/mol. The van der Waals surface area contributed by atoms with E-state index in [1.165, 1.54) is 16.4 Å².